The molecule has 13 nitrogen and oxygen atoms in total. The number of nitrogens with two attached hydrogens (primary N) is 1. The number of piperazine rings is 1. The van der Waals surface area contributed by atoms with E-state index in [9.17, 15) is 13.2 Å². The monoisotopic (exact) mass is 531 g/mol. The molecule has 3 heterocycles. The van der Waals surface area contributed by atoms with Crippen LogP contribution in [0.25, 0.3) is 0 Å². The second-order valence-corrected chi connectivity index (χ2v) is 10.7. The van der Waals surface area contributed by atoms with Crippen LogP contribution in [0.4, 0.5) is 27.8 Å². The average molecular weight is 532 g/mol. The minimum absolute atomic E-state index is 0.0568. The summed E-state index contributed by atoms with van der Waals surface area (Å²) in [6, 6.07) is 7.83. The number of hydrogen-bond donors (Lipinski definition) is 3. The van der Waals surface area contributed by atoms with Gasteiger partial charge in [0, 0.05) is 57.2 Å². The number of anilines is 4. The number of aromatic nitrogens is 2. The molecule has 14 heteroatoms. The minimum atomic E-state index is -3.29. The molecule has 2 saturated heterocycles. The van der Waals surface area contributed by atoms with Gasteiger partial charge in [0.2, 0.25) is 10.0 Å². The first kappa shape index (κ1) is 26.4. The van der Waals surface area contributed by atoms with Crippen molar-refractivity contribution in [3.8, 4) is 0 Å². The van der Waals surface area contributed by atoms with E-state index >= 15 is 0 Å². The molecule has 0 radical (unpaired) electrons. The Balaban J connectivity index is 1.29. The van der Waals surface area contributed by atoms with E-state index in [1.165, 1.54) is 31.1 Å². The van der Waals surface area contributed by atoms with Crippen molar-refractivity contribution in [3.05, 3.63) is 36.2 Å². The van der Waals surface area contributed by atoms with Crippen LogP contribution < -0.4 is 25.6 Å². The Morgan fingerprint density at radius 2 is 1.78 bits per heavy atom. The van der Waals surface area contributed by atoms with Gasteiger partial charge < -0.3 is 30.6 Å². The highest BCUT2D eigenvalue weighted by atomic mass is 32.2. The standard InChI is InChI=1S/C23H33N9O4S/c1-37(34,35)28-8-15-36-27-16-20-21(24)25-17-26-22(20)31-11-13-32(14-12-31)23(33)29-18-4-6-19(7-5-18)30-9-2-3-10-30/h4-7,16-17,28H,2-3,8-15H2,1H3,(H,29,33)(H2,24,25,26). The third kappa shape index (κ3) is 7.43. The van der Waals surface area contributed by atoms with Gasteiger partial charge in [0.05, 0.1) is 18.0 Å². The summed E-state index contributed by atoms with van der Waals surface area (Å²) in [4.78, 5) is 32.5. The molecule has 1 aromatic carbocycles. The van der Waals surface area contributed by atoms with Crippen molar-refractivity contribution in [1.82, 2.24) is 19.6 Å². The maximum atomic E-state index is 12.8. The van der Waals surface area contributed by atoms with E-state index in [-0.39, 0.29) is 25.0 Å². The number of carbonyl (C=O) groups excluding carboxylic acids is 1. The molecule has 0 unspecified atom stereocenters. The van der Waals surface area contributed by atoms with Gasteiger partial charge in [0.15, 0.2) is 0 Å². The number of sulfonamides is 1. The van der Waals surface area contributed by atoms with Crippen LogP contribution in [0.15, 0.2) is 35.7 Å². The Kier molecular flexibility index (Phi) is 8.61. The molecule has 2 aromatic rings. The summed E-state index contributed by atoms with van der Waals surface area (Å²) in [5, 5.41) is 6.86. The van der Waals surface area contributed by atoms with Gasteiger partial charge in [-0.15, -0.1) is 0 Å². The normalized spacial score (nSPS) is 16.4. The number of nitrogens with zero attached hydrogens (tertiary/aromatic N) is 6. The van der Waals surface area contributed by atoms with Gasteiger partial charge in [-0.05, 0) is 37.1 Å². The van der Waals surface area contributed by atoms with Gasteiger partial charge in [-0.1, -0.05) is 5.16 Å². The van der Waals surface area contributed by atoms with Crippen LogP contribution in [0, 0.1) is 0 Å². The zero-order valence-corrected chi connectivity index (χ0v) is 21.7. The molecule has 2 aliphatic rings. The molecule has 0 spiro atoms. The number of hydrogen-bond acceptors (Lipinski definition) is 10. The van der Waals surface area contributed by atoms with Gasteiger partial charge >= 0.3 is 6.03 Å². The van der Waals surface area contributed by atoms with Crippen molar-refractivity contribution in [2.75, 3.05) is 79.5 Å². The first-order valence-corrected chi connectivity index (χ1v) is 14.1. The maximum Gasteiger partial charge on any atom is 0.321 e. The highest BCUT2D eigenvalue weighted by Gasteiger charge is 2.24. The van der Waals surface area contributed by atoms with Crippen molar-refractivity contribution in [2.24, 2.45) is 5.16 Å². The molecular weight excluding hydrogens is 498 g/mol. The SMILES string of the molecule is CS(=O)(=O)NCCON=Cc1c(N)ncnc1N1CCN(C(=O)Nc2ccc(N3CCCC3)cc2)CC1. The van der Waals surface area contributed by atoms with Crippen molar-refractivity contribution >= 4 is 45.3 Å². The van der Waals surface area contributed by atoms with E-state index in [2.05, 4.69) is 30.1 Å². The van der Waals surface area contributed by atoms with Gasteiger partial charge in [-0.3, -0.25) is 0 Å². The summed E-state index contributed by atoms with van der Waals surface area (Å²) >= 11 is 0. The molecule has 0 atom stereocenters. The number of nitrogens with one attached hydrogen (secondary N) is 2. The van der Waals surface area contributed by atoms with Crippen molar-refractivity contribution in [1.29, 1.82) is 0 Å². The molecule has 1 aromatic heterocycles. The predicted molar refractivity (Wildman–Crippen MR) is 144 cm³/mol. The number of amides is 2. The van der Waals surface area contributed by atoms with Crippen LogP contribution >= 0.6 is 0 Å². The molecule has 37 heavy (non-hydrogen) atoms. The van der Waals surface area contributed by atoms with E-state index < -0.39 is 10.0 Å². The fourth-order valence-electron chi connectivity index (χ4n) is 4.25. The number of carbonyl (C=O) groups is 1. The third-order valence-electron chi connectivity index (χ3n) is 6.16. The second-order valence-electron chi connectivity index (χ2n) is 8.88. The highest BCUT2D eigenvalue weighted by molar-refractivity contribution is 7.88. The molecule has 2 fully saturated rings. The van der Waals surface area contributed by atoms with E-state index in [4.69, 9.17) is 10.6 Å². The molecule has 2 aliphatic heterocycles. The Labute approximate surface area is 216 Å². The second kappa shape index (κ2) is 12.1. The summed E-state index contributed by atoms with van der Waals surface area (Å²) < 4.78 is 24.5. The number of oxime groups is 1. The van der Waals surface area contributed by atoms with E-state index in [1.54, 1.807) is 4.90 Å². The fraction of sp³-hybridized carbons (Fsp3) is 0.478. The molecule has 0 aliphatic carbocycles. The summed E-state index contributed by atoms with van der Waals surface area (Å²) in [6.07, 6.45) is 6.30. The number of urea groups is 1. The fourth-order valence-corrected chi connectivity index (χ4v) is 4.70. The van der Waals surface area contributed by atoms with Crippen molar-refractivity contribution in [2.45, 2.75) is 12.8 Å². The maximum absolute atomic E-state index is 12.8. The molecule has 2 amide bonds. The molecule has 4 rings (SSSR count). The minimum Gasteiger partial charge on any atom is -0.394 e. The lowest BCUT2D eigenvalue weighted by atomic mass is 10.2. The van der Waals surface area contributed by atoms with Crippen LogP contribution in [0.3, 0.4) is 0 Å². The average Bonchev–Trinajstić information content (AvgIpc) is 3.42. The zero-order valence-electron chi connectivity index (χ0n) is 20.8. The van der Waals surface area contributed by atoms with Crippen molar-refractivity contribution in [3.63, 3.8) is 0 Å². The predicted octanol–water partition coefficient (Wildman–Crippen LogP) is 0.913. The van der Waals surface area contributed by atoms with Gasteiger partial charge in [-0.25, -0.2) is 27.9 Å². The Hall–Kier alpha value is -3.65. The van der Waals surface area contributed by atoms with Crippen molar-refractivity contribution < 1.29 is 18.0 Å². The van der Waals surface area contributed by atoms with Gasteiger partial charge in [0.25, 0.3) is 0 Å². The molecule has 0 saturated carbocycles. The summed E-state index contributed by atoms with van der Waals surface area (Å²) in [5.74, 6) is 0.829. The molecule has 0 bridgehead atoms. The smallest absolute Gasteiger partial charge is 0.321 e. The lowest BCUT2D eigenvalue weighted by molar-refractivity contribution is 0.151. The first-order chi connectivity index (χ1) is 17.8. The van der Waals surface area contributed by atoms with Crippen LogP contribution in [0.2, 0.25) is 0 Å². The highest BCUT2D eigenvalue weighted by Crippen LogP contribution is 2.23. The number of rotatable bonds is 9. The first-order valence-electron chi connectivity index (χ1n) is 12.2. The third-order valence-corrected chi connectivity index (χ3v) is 6.89. The van der Waals surface area contributed by atoms with Crippen LogP contribution in [0.5, 0.6) is 0 Å². The molecule has 4 N–H and O–H groups in total. The van der Waals surface area contributed by atoms with Crippen LogP contribution in [0.1, 0.15) is 18.4 Å². The van der Waals surface area contributed by atoms with E-state index in [0.717, 1.165) is 25.0 Å². The number of nitrogen functional groups attached to an aromatic ring is 1. The summed E-state index contributed by atoms with van der Waals surface area (Å²) in [5.41, 5.74) is 8.49. The quantitative estimate of drug-likeness (QED) is 0.243. The Morgan fingerprint density at radius 3 is 2.46 bits per heavy atom. The molecule has 200 valence electrons. The Bertz CT molecular complexity index is 1190. The zero-order chi connectivity index (χ0) is 26.3. The van der Waals surface area contributed by atoms with Gasteiger partial charge in [0.1, 0.15) is 24.6 Å². The van der Waals surface area contributed by atoms with Gasteiger partial charge in [-0.2, -0.15) is 0 Å². The van der Waals surface area contributed by atoms with Crippen LogP contribution in [-0.4, -0.2) is 94.2 Å². The van der Waals surface area contributed by atoms with E-state index in [0.29, 0.717) is 37.6 Å². The lowest BCUT2D eigenvalue weighted by Crippen LogP contribution is -2.50. The van der Waals surface area contributed by atoms with E-state index in [1.807, 2.05) is 29.2 Å². The van der Waals surface area contributed by atoms with Crippen LogP contribution in [-0.2, 0) is 14.9 Å². The molecular formula is C23H33N9O4S. The topological polar surface area (TPSA) is 158 Å². The largest absolute Gasteiger partial charge is 0.394 e. The lowest BCUT2D eigenvalue weighted by Gasteiger charge is -2.35. The summed E-state index contributed by atoms with van der Waals surface area (Å²) in [7, 11) is -3.29. The summed E-state index contributed by atoms with van der Waals surface area (Å²) in [6.45, 7) is 4.43. The number of benzene rings is 1. The Morgan fingerprint density at radius 1 is 1.08 bits per heavy atom.